The van der Waals surface area contributed by atoms with Crippen LogP contribution in [-0.4, -0.2) is 29.0 Å². The van der Waals surface area contributed by atoms with Crippen molar-refractivity contribution >= 4 is 11.3 Å². The van der Waals surface area contributed by atoms with E-state index in [-0.39, 0.29) is 0 Å². The number of thiazole rings is 1. The summed E-state index contributed by atoms with van der Waals surface area (Å²) in [5.74, 6) is 0. The SMILES string of the molecule is CN(Cc1cscn1)C1CC(N)C1. The fourth-order valence-corrected chi connectivity index (χ4v) is 2.24. The maximum atomic E-state index is 5.74. The number of hydrogen-bond acceptors (Lipinski definition) is 4. The van der Waals surface area contributed by atoms with Gasteiger partial charge in [0.25, 0.3) is 0 Å². The average molecular weight is 197 g/mol. The molecule has 1 aliphatic rings. The maximum absolute atomic E-state index is 5.74. The second-order valence-electron chi connectivity index (χ2n) is 3.78. The van der Waals surface area contributed by atoms with Crippen LogP contribution in [0.15, 0.2) is 10.9 Å². The van der Waals surface area contributed by atoms with Gasteiger partial charge in [-0.3, -0.25) is 4.90 Å². The van der Waals surface area contributed by atoms with Crippen LogP contribution < -0.4 is 5.73 Å². The van der Waals surface area contributed by atoms with Gasteiger partial charge in [0.1, 0.15) is 0 Å². The molecule has 1 saturated carbocycles. The van der Waals surface area contributed by atoms with Crippen LogP contribution in [0.2, 0.25) is 0 Å². The quantitative estimate of drug-likeness (QED) is 0.788. The molecule has 3 nitrogen and oxygen atoms in total. The highest BCUT2D eigenvalue weighted by atomic mass is 32.1. The number of aromatic nitrogens is 1. The zero-order valence-electron chi connectivity index (χ0n) is 7.81. The molecule has 1 aromatic rings. The van der Waals surface area contributed by atoms with Crippen molar-refractivity contribution in [2.24, 2.45) is 5.73 Å². The molecular weight excluding hydrogens is 182 g/mol. The summed E-state index contributed by atoms with van der Waals surface area (Å²) in [4.78, 5) is 6.61. The van der Waals surface area contributed by atoms with Gasteiger partial charge in [0.2, 0.25) is 0 Å². The van der Waals surface area contributed by atoms with Crippen molar-refractivity contribution in [2.45, 2.75) is 31.5 Å². The standard InChI is InChI=1S/C9H15N3S/c1-12(9-2-7(10)3-9)4-8-5-13-6-11-8/h5-7,9H,2-4,10H2,1H3. The van der Waals surface area contributed by atoms with E-state index >= 15 is 0 Å². The van der Waals surface area contributed by atoms with E-state index in [0.29, 0.717) is 12.1 Å². The summed E-state index contributed by atoms with van der Waals surface area (Å²) in [6.07, 6.45) is 2.28. The second-order valence-corrected chi connectivity index (χ2v) is 4.50. The first-order valence-electron chi connectivity index (χ1n) is 4.58. The zero-order valence-corrected chi connectivity index (χ0v) is 8.63. The molecule has 1 heterocycles. The predicted molar refractivity (Wildman–Crippen MR) is 54.6 cm³/mol. The van der Waals surface area contributed by atoms with Crippen molar-refractivity contribution in [3.05, 3.63) is 16.6 Å². The lowest BCUT2D eigenvalue weighted by Crippen LogP contribution is -2.48. The van der Waals surface area contributed by atoms with Crippen LogP contribution >= 0.6 is 11.3 Å². The Hall–Kier alpha value is -0.450. The molecule has 2 N–H and O–H groups in total. The van der Waals surface area contributed by atoms with E-state index in [2.05, 4.69) is 22.3 Å². The zero-order chi connectivity index (χ0) is 9.26. The summed E-state index contributed by atoms with van der Waals surface area (Å²) >= 11 is 1.66. The van der Waals surface area contributed by atoms with Crippen molar-refractivity contribution in [3.63, 3.8) is 0 Å². The highest BCUT2D eigenvalue weighted by Crippen LogP contribution is 2.23. The van der Waals surface area contributed by atoms with Crippen molar-refractivity contribution in [1.29, 1.82) is 0 Å². The Bertz CT molecular complexity index is 254. The Morgan fingerprint density at radius 3 is 3.00 bits per heavy atom. The average Bonchev–Trinajstić information content (AvgIpc) is 2.51. The summed E-state index contributed by atoms with van der Waals surface area (Å²) in [5, 5.41) is 2.11. The Morgan fingerprint density at radius 2 is 2.46 bits per heavy atom. The first-order chi connectivity index (χ1) is 6.25. The van der Waals surface area contributed by atoms with Crippen molar-refractivity contribution in [1.82, 2.24) is 9.88 Å². The first-order valence-corrected chi connectivity index (χ1v) is 5.53. The first kappa shape index (κ1) is 9.12. The molecule has 0 unspecified atom stereocenters. The van der Waals surface area contributed by atoms with Gasteiger partial charge in [0.15, 0.2) is 0 Å². The van der Waals surface area contributed by atoms with Crippen molar-refractivity contribution < 1.29 is 0 Å². The molecule has 13 heavy (non-hydrogen) atoms. The smallest absolute Gasteiger partial charge is 0.0795 e. The molecule has 72 valence electrons. The van der Waals surface area contributed by atoms with Gasteiger partial charge >= 0.3 is 0 Å². The lowest BCUT2D eigenvalue weighted by Gasteiger charge is -2.39. The monoisotopic (exact) mass is 197 g/mol. The summed E-state index contributed by atoms with van der Waals surface area (Å²) < 4.78 is 0. The molecule has 0 saturated heterocycles. The Labute approximate surface area is 82.6 Å². The summed E-state index contributed by atoms with van der Waals surface area (Å²) in [6.45, 7) is 0.959. The van der Waals surface area contributed by atoms with Gasteiger partial charge in [-0.2, -0.15) is 0 Å². The Balaban J connectivity index is 1.82. The van der Waals surface area contributed by atoms with E-state index in [1.165, 1.54) is 5.69 Å². The molecule has 0 bridgehead atoms. The topological polar surface area (TPSA) is 42.2 Å². The highest BCUT2D eigenvalue weighted by Gasteiger charge is 2.29. The summed E-state index contributed by atoms with van der Waals surface area (Å²) in [6, 6.07) is 1.11. The van der Waals surface area contributed by atoms with E-state index in [4.69, 9.17) is 5.73 Å². The summed E-state index contributed by atoms with van der Waals surface area (Å²) in [7, 11) is 2.15. The number of nitrogens with zero attached hydrogens (tertiary/aromatic N) is 2. The van der Waals surface area contributed by atoms with Crippen LogP contribution in [-0.2, 0) is 6.54 Å². The van der Waals surface area contributed by atoms with Gasteiger partial charge in [0, 0.05) is 24.0 Å². The number of nitrogens with two attached hydrogens (primary N) is 1. The van der Waals surface area contributed by atoms with Gasteiger partial charge in [-0.1, -0.05) is 0 Å². The van der Waals surface area contributed by atoms with E-state index in [9.17, 15) is 0 Å². The third-order valence-electron chi connectivity index (χ3n) is 2.67. The molecular formula is C9H15N3S. The van der Waals surface area contributed by atoms with Gasteiger partial charge in [-0.15, -0.1) is 11.3 Å². The number of rotatable bonds is 3. The van der Waals surface area contributed by atoms with E-state index in [0.717, 1.165) is 19.4 Å². The molecule has 2 rings (SSSR count). The highest BCUT2D eigenvalue weighted by molar-refractivity contribution is 7.07. The molecule has 1 aliphatic carbocycles. The van der Waals surface area contributed by atoms with Crippen LogP contribution in [0.5, 0.6) is 0 Å². The van der Waals surface area contributed by atoms with E-state index in [1.807, 2.05) is 5.51 Å². The van der Waals surface area contributed by atoms with E-state index < -0.39 is 0 Å². The second kappa shape index (κ2) is 3.74. The molecule has 0 amide bonds. The van der Waals surface area contributed by atoms with Crippen LogP contribution in [0.3, 0.4) is 0 Å². The molecule has 0 spiro atoms. The van der Waals surface area contributed by atoms with Gasteiger partial charge in [-0.25, -0.2) is 4.98 Å². The minimum Gasteiger partial charge on any atom is -0.328 e. The number of hydrogen-bond donors (Lipinski definition) is 1. The van der Waals surface area contributed by atoms with Gasteiger partial charge in [0.05, 0.1) is 11.2 Å². The molecule has 0 atom stereocenters. The minimum absolute atomic E-state index is 0.433. The molecule has 0 radical (unpaired) electrons. The molecule has 1 fully saturated rings. The van der Waals surface area contributed by atoms with Gasteiger partial charge in [-0.05, 0) is 19.9 Å². The molecule has 0 aliphatic heterocycles. The molecule has 1 aromatic heterocycles. The lowest BCUT2D eigenvalue weighted by atomic mass is 9.86. The van der Waals surface area contributed by atoms with Gasteiger partial charge < -0.3 is 5.73 Å². The van der Waals surface area contributed by atoms with Crippen LogP contribution in [0.1, 0.15) is 18.5 Å². The third-order valence-corrected chi connectivity index (χ3v) is 3.30. The summed E-state index contributed by atoms with van der Waals surface area (Å²) in [5.41, 5.74) is 8.80. The normalized spacial score (nSPS) is 27.6. The lowest BCUT2D eigenvalue weighted by molar-refractivity contribution is 0.131. The fourth-order valence-electron chi connectivity index (χ4n) is 1.69. The Morgan fingerprint density at radius 1 is 1.69 bits per heavy atom. The van der Waals surface area contributed by atoms with Crippen molar-refractivity contribution in [2.75, 3.05) is 7.05 Å². The van der Waals surface area contributed by atoms with Crippen LogP contribution in [0, 0.1) is 0 Å². The Kier molecular flexibility index (Phi) is 2.62. The van der Waals surface area contributed by atoms with Crippen molar-refractivity contribution in [3.8, 4) is 0 Å². The minimum atomic E-state index is 0.433. The maximum Gasteiger partial charge on any atom is 0.0795 e. The largest absolute Gasteiger partial charge is 0.328 e. The third kappa shape index (κ3) is 2.07. The fraction of sp³-hybridized carbons (Fsp3) is 0.667. The molecule has 0 aromatic carbocycles. The molecule has 4 heteroatoms. The van der Waals surface area contributed by atoms with Crippen LogP contribution in [0.4, 0.5) is 0 Å². The predicted octanol–water partition coefficient (Wildman–Crippen LogP) is 1.06. The van der Waals surface area contributed by atoms with Crippen LogP contribution in [0.25, 0.3) is 0 Å². The van der Waals surface area contributed by atoms with E-state index in [1.54, 1.807) is 11.3 Å².